The number of carbonyl (C=O) groups is 2. The third-order valence-electron chi connectivity index (χ3n) is 5.09. The van der Waals surface area contributed by atoms with Crippen molar-refractivity contribution in [2.75, 3.05) is 38.0 Å². The minimum absolute atomic E-state index is 0.0473. The molecule has 0 aliphatic carbocycles. The van der Waals surface area contributed by atoms with Crippen LogP contribution in [0, 0.1) is 5.82 Å². The van der Waals surface area contributed by atoms with Gasteiger partial charge >= 0.3 is 0 Å². The van der Waals surface area contributed by atoms with E-state index in [0.29, 0.717) is 25.2 Å². The molecule has 1 atom stereocenters. The second-order valence-electron chi connectivity index (χ2n) is 7.21. The van der Waals surface area contributed by atoms with Gasteiger partial charge < -0.3 is 10.2 Å². The maximum atomic E-state index is 14.3. The third kappa shape index (κ3) is 5.49. The maximum Gasteiger partial charge on any atom is 0.267 e. The first-order valence-electron chi connectivity index (χ1n) is 9.59. The predicted octanol–water partition coefficient (Wildman–Crippen LogP) is 1.24. The van der Waals surface area contributed by atoms with Crippen LogP contribution in [-0.4, -0.2) is 70.6 Å². The zero-order valence-corrected chi connectivity index (χ0v) is 15.7. The summed E-state index contributed by atoms with van der Waals surface area (Å²) < 4.78 is 14.3. The van der Waals surface area contributed by atoms with Crippen LogP contribution < -0.4 is 10.8 Å². The van der Waals surface area contributed by atoms with Crippen LogP contribution in [0.15, 0.2) is 18.3 Å². The molecule has 3 heterocycles. The number of likely N-dealkylation sites (tertiary alicyclic amines) is 2. The molecule has 2 aliphatic rings. The lowest BCUT2D eigenvalue weighted by molar-refractivity contribution is -0.131. The molecule has 8 nitrogen and oxygen atoms in total. The molecule has 1 aromatic rings. The molecule has 0 radical (unpaired) electrons. The largest absolute Gasteiger partial charge is 0.363 e. The molecule has 9 heteroatoms. The van der Waals surface area contributed by atoms with Gasteiger partial charge in [-0.25, -0.2) is 14.9 Å². The van der Waals surface area contributed by atoms with Crippen LogP contribution in [0.2, 0.25) is 0 Å². The number of hydroxylamine groups is 1. The minimum atomic E-state index is -0.706. The minimum Gasteiger partial charge on any atom is -0.363 e. The number of pyridine rings is 1. The number of hydrogen-bond acceptors (Lipinski definition) is 6. The van der Waals surface area contributed by atoms with Crippen LogP contribution in [0.1, 0.15) is 31.2 Å². The van der Waals surface area contributed by atoms with E-state index >= 15 is 0 Å². The number of halogens is 1. The number of rotatable bonds is 6. The Morgan fingerprint density at radius 3 is 2.79 bits per heavy atom. The van der Waals surface area contributed by atoms with E-state index in [1.807, 2.05) is 4.90 Å². The van der Waals surface area contributed by atoms with E-state index in [-0.39, 0.29) is 17.8 Å². The van der Waals surface area contributed by atoms with Crippen molar-refractivity contribution in [3.8, 4) is 0 Å². The fourth-order valence-corrected chi connectivity index (χ4v) is 3.57. The average Bonchev–Trinajstić information content (AvgIpc) is 3.17. The van der Waals surface area contributed by atoms with Gasteiger partial charge in [-0.3, -0.25) is 19.7 Å². The van der Waals surface area contributed by atoms with Gasteiger partial charge in [0.15, 0.2) is 11.6 Å². The van der Waals surface area contributed by atoms with Gasteiger partial charge in [0.25, 0.3) is 5.91 Å². The van der Waals surface area contributed by atoms with Gasteiger partial charge in [-0.1, -0.05) is 6.42 Å². The van der Waals surface area contributed by atoms with Crippen molar-refractivity contribution in [3.63, 3.8) is 0 Å². The molecule has 2 amide bonds. The topological polar surface area (TPSA) is 97.8 Å². The third-order valence-corrected chi connectivity index (χ3v) is 5.09. The smallest absolute Gasteiger partial charge is 0.267 e. The molecule has 3 rings (SSSR count). The monoisotopic (exact) mass is 391 g/mol. The van der Waals surface area contributed by atoms with Crippen LogP contribution in [0.5, 0.6) is 0 Å². The highest BCUT2D eigenvalue weighted by atomic mass is 19.1. The summed E-state index contributed by atoms with van der Waals surface area (Å²) in [5, 5.41) is 11.5. The second kappa shape index (κ2) is 9.61. The summed E-state index contributed by atoms with van der Waals surface area (Å²) >= 11 is 0. The molecule has 0 bridgehead atoms. The fraction of sp³-hybridized carbons (Fsp3) is 0.526. The van der Waals surface area contributed by atoms with Gasteiger partial charge in [0.1, 0.15) is 0 Å². The number of piperidine rings is 1. The number of nitrogens with zero attached hydrogens (tertiary/aromatic N) is 3. The van der Waals surface area contributed by atoms with E-state index < -0.39 is 11.7 Å². The zero-order valence-electron chi connectivity index (χ0n) is 15.7. The molecule has 2 saturated heterocycles. The number of nitrogens with one attached hydrogen (secondary N) is 2. The van der Waals surface area contributed by atoms with Crippen molar-refractivity contribution in [2.24, 2.45) is 0 Å². The van der Waals surface area contributed by atoms with Crippen molar-refractivity contribution in [2.45, 2.75) is 31.7 Å². The predicted molar refractivity (Wildman–Crippen MR) is 102 cm³/mol. The molecule has 0 aromatic carbocycles. The number of aromatic nitrogens is 1. The summed E-state index contributed by atoms with van der Waals surface area (Å²) in [5.41, 5.74) is 1.86. The van der Waals surface area contributed by atoms with Gasteiger partial charge in [-0.2, -0.15) is 0 Å². The molecule has 28 heavy (non-hydrogen) atoms. The van der Waals surface area contributed by atoms with Gasteiger partial charge in [0, 0.05) is 31.4 Å². The first-order valence-corrected chi connectivity index (χ1v) is 9.59. The summed E-state index contributed by atoms with van der Waals surface area (Å²) in [6, 6.07) is 1.21. The van der Waals surface area contributed by atoms with Crippen molar-refractivity contribution >= 4 is 23.7 Å². The van der Waals surface area contributed by atoms with E-state index in [1.54, 1.807) is 0 Å². The van der Waals surface area contributed by atoms with Gasteiger partial charge in [0.2, 0.25) is 5.91 Å². The van der Waals surface area contributed by atoms with Crippen LogP contribution in [0.4, 0.5) is 10.2 Å². The Hall–Kier alpha value is -2.52. The number of amides is 2. The molecular weight excluding hydrogens is 365 g/mol. The zero-order chi connectivity index (χ0) is 19.9. The van der Waals surface area contributed by atoms with Crippen LogP contribution in [0.3, 0.4) is 0 Å². The highest BCUT2D eigenvalue weighted by molar-refractivity contribution is 5.90. The normalized spacial score (nSPS) is 20.5. The van der Waals surface area contributed by atoms with E-state index in [9.17, 15) is 14.0 Å². The van der Waals surface area contributed by atoms with Crippen LogP contribution in [0.25, 0.3) is 6.08 Å². The second-order valence-corrected chi connectivity index (χ2v) is 7.21. The van der Waals surface area contributed by atoms with Crippen LogP contribution in [-0.2, 0) is 9.59 Å². The van der Waals surface area contributed by atoms with Gasteiger partial charge in [-0.05, 0) is 50.1 Å². The van der Waals surface area contributed by atoms with E-state index in [1.165, 1.54) is 30.2 Å². The lowest BCUT2D eigenvalue weighted by atomic mass is 10.1. The number of hydrogen-bond donors (Lipinski definition) is 3. The van der Waals surface area contributed by atoms with E-state index in [2.05, 4.69) is 15.2 Å². The molecule has 0 spiro atoms. The van der Waals surface area contributed by atoms with E-state index in [4.69, 9.17) is 5.21 Å². The number of anilines is 1. The van der Waals surface area contributed by atoms with Crippen molar-refractivity contribution < 1.29 is 19.2 Å². The Labute approximate surface area is 163 Å². The highest BCUT2D eigenvalue weighted by Gasteiger charge is 2.28. The molecule has 2 fully saturated rings. The maximum absolute atomic E-state index is 14.3. The Balaban J connectivity index is 1.51. The fourth-order valence-electron chi connectivity index (χ4n) is 3.57. The van der Waals surface area contributed by atoms with Gasteiger partial charge in [0.05, 0.1) is 6.54 Å². The lowest BCUT2D eigenvalue weighted by Gasteiger charge is -2.28. The quantitative estimate of drug-likeness (QED) is 0.383. The Bertz CT molecular complexity index is 736. The van der Waals surface area contributed by atoms with Crippen molar-refractivity contribution in [1.29, 1.82) is 0 Å². The molecular formula is C19H26FN5O3. The first kappa shape index (κ1) is 20.2. The Morgan fingerprint density at radius 1 is 1.29 bits per heavy atom. The van der Waals surface area contributed by atoms with E-state index in [0.717, 1.165) is 38.4 Å². The summed E-state index contributed by atoms with van der Waals surface area (Å²) in [6.45, 7) is 3.62. The summed E-state index contributed by atoms with van der Waals surface area (Å²) in [4.78, 5) is 31.6. The van der Waals surface area contributed by atoms with Crippen LogP contribution >= 0.6 is 0 Å². The lowest BCUT2D eigenvalue weighted by Crippen LogP contribution is -2.42. The standard InChI is InChI=1S/C19H26FN5O3/c20-16-10-14(4-5-17(26)23-28)11-21-19(16)22-15-6-9-25(12-15)18(27)13-24-7-2-1-3-8-24/h4-5,10-11,15,28H,1-3,6-9,12-13H2,(H,21,22)(H,23,26)/b5-4+/t15-/m1/s1. The first-order chi connectivity index (χ1) is 13.5. The highest BCUT2D eigenvalue weighted by Crippen LogP contribution is 2.19. The van der Waals surface area contributed by atoms with Crippen molar-refractivity contribution in [3.05, 3.63) is 29.7 Å². The Morgan fingerprint density at radius 2 is 2.07 bits per heavy atom. The number of carbonyl (C=O) groups excluding carboxylic acids is 2. The molecule has 1 aromatic heterocycles. The molecule has 0 saturated carbocycles. The average molecular weight is 391 g/mol. The van der Waals surface area contributed by atoms with Crippen molar-refractivity contribution in [1.82, 2.24) is 20.3 Å². The molecule has 152 valence electrons. The summed E-state index contributed by atoms with van der Waals surface area (Å²) in [7, 11) is 0. The summed E-state index contributed by atoms with van der Waals surface area (Å²) in [5.74, 6) is -0.992. The molecule has 0 unspecified atom stereocenters. The molecule has 3 N–H and O–H groups in total. The van der Waals surface area contributed by atoms with Gasteiger partial charge in [-0.15, -0.1) is 0 Å². The Kier molecular flexibility index (Phi) is 6.94. The SMILES string of the molecule is O=C(/C=C/c1cnc(N[C@@H]2CCN(C(=O)CN3CCCCC3)C2)c(F)c1)NO. The summed E-state index contributed by atoms with van der Waals surface area (Å²) in [6.07, 6.45) is 8.14. The molecule has 2 aliphatic heterocycles.